The molecule has 5 nitrogen and oxygen atoms in total. The molecule has 0 aliphatic carbocycles. The maximum atomic E-state index is 11.8. The zero-order chi connectivity index (χ0) is 14.2. The molecule has 1 aliphatic rings. The lowest BCUT2D eigenvalue weighted by molar-refractivity contribution is -0.117. The first-order valence-corrected chi connectivity index (χ1v) is 6.92. The minimum absolute atomic E-state index is 0.0816. The minimum atomic E-state index is -0.0816. The number of hydrogen-bond donors (Lipinski definition) is 1. The van der Waals surface area contributed by atoms with Gasteiger partial charge in [0.1, 0.15) is 5.75 Å². The van der Waals surface area contributed by atoms with Crippen LogP contribution in [0.5, 0.6) is 5.75 Å². The van der Waals surface area contributed by atoms with E-state index < -0.39 is 0 Å². The van der Waals surface area contributed by atoms with Crippen LogP contribution >= 0.6 is 0 Å². The van der Waals surface area contributed by atoms with Crippen molar-refractivity contribution in [3.05, 3.63) is 24.3 Å². The molecule has 1 atom stereocenters. The number of carbonyl (C=O) groups excluding carboxylic acids is 1. The van der Waals surface area contributed by atoms with Crippen LogP contribution in [0.2, 0.25) is 0 Å². The number of benzene rings is 1. The summed E-state index contributed by atoms with van der Waals surface area (Å²) in [6, 6.07) is 7.33. The summed E-state index contributed by atoms with van der Waals surface area (Å²) in [5.41, 5.74) is 0.680. The highest BCUT2D eigenvalue weighted by atomic mass is 16.5. The number of ether oxygens (including phenoxy) is 3. The SMILES string of the molecule is COc1ccccc1NC(=O)CCOC[C@@H]1CCCO1. The molecule has 1 fully saturated rings. The predicted molar refractivity (Wildman–Crippen MR) is 76.0 cm³/mol. The molecule has 1 aromatic carbocycles. The van der Waals surface area contributed by atoms with Crippen molar-refractivity contribution in [3.8, 4) is 5.75 Å². The van der Waals surface area contributed by atoms with Crippen molar-refractivity contribution in [3.63, 3.8) is 0 Å². The monoisotopic (exact) mass is 279 g/mol. The highest BCUT2D eigenvalue weighted by Crippen LogP contribution is 2.23. The first-order chi connectivity index (χ1) is 9.79. The maximum absolute atomic E-state index is 11.8. The number of carbonyl (C=O) groups is 1. The Kier molecular flexibility index (Phi) is 5.83. The molecule has 1 aromatic rings. The standard InChI is InChI=1S/C15H21NO4/c1-18-14-7-3-2-6-13(14)16-15(17)8-10-19-11-12-5-4-9-20-12/h2-3,6-7,12H,4-5,8-11H2,1H3,(H,16,17)/t12-/m0/s1. The van der Waals surface area contributed by atoms with Crippen LogP contribution in [0.3, 0.4) is 0 Å². The van der Waals surface area contributed by atoms with Gasteiger partial charge in [-0.05, 0) is 25.0 Å². The number of nitrogens with one attached hydrogen (secondary N) is 1. The summed E-state index contributed by atoms with van der Waals surface area (Å²) >= 11 is 0. The Labute approximate surface area is 119 Å². The van der Waals surface area contributed by atoms with Crippen molar-refractivity contribution in [2.75, 3.05) is 32.2 Å². The van der Waals surface area contributed by atoms with Crippen molar-refractivity contribution >= 4 is 11.6 Å². The normalized spacial score (nSPS) is 17.9. The number of amides is 1. The van der Waals surface area contributed by atoms with Crippen LogP contribution in [0, 0.1) is 0 Å². The average molecular weight is 279 g/mol. The fourth-order valence-corrected chi connectivity index (χ4v) is 2.12. The van der Waals surface area contributed by atoms with E-state index in [-0.39, 0.29) is 12.0 Å². The predicted octanol–water partition coefficient (Wildman–Crippen LogP) is 2.22. The summed E-state index contributed by atoms with van der Waals surface area (Å²) in [7, 11) is 1.58. The quantitative estimate of drug-likeness (QED) is 0.778. The van der Waals surface area contributed by atoms with Crippen molar-refractivity contribution in [1.29, 1.82) is 0 Å². The molecular weight excluding hydrogens is 258 g/mol. The molecule has 1 amide bonds. The molecule has 1 saturated heterocycles. The van der Waals surface area contributed by atoms with Crippen LogP contribution in [0.25, 0.3) is 0 Å². The van der Waals surface area contributed by atoms with Gasteiger partial charge in [-0.3, -0.25) is 4.79 Å². The zero-order valence-corrected chi connectivity index (χ0v) is 11.8. The Morgan fingerprint density at radius 1 is 1.45 bits per heavy atom. The van der Waals surface area contributed by atoms with E-state index in [1.807, 2.05) is 24.3 Å². The molecule has 1 aliphatic heterocycles. The summed E-state index contributed by atoms with van der Waals surface area (Å²) in [6.07, 6.45) is 2.67. The molecule has 110 valence electrons. The van der Waals surface area contributed by atoms with Crippen LogP contribution in [-0.4, -0.2) is 38.9 Å². The molecule has 0 unspecified atom stereocenters. The van der Waals surface area contributed by atoms with Crippen LogP contribution in [0.1, 0.15) is 19.3 Å². The third-order valence-electron chi connectivity index (χ3n) is 3.18. The largest absolute Gasteiger partial charge is 0.495 e. The van der Waals surface area contributed by atoms with Crippen LogP contribution < -0.4 is 10.1 Å². The Bertz CT molecular complexity index is 430. The van der Waals surface area contributed by atoms with Crippen molar-refractivity contribution in [2.24, 2.45) is 0 Å². The first-order valence-electron chi connectivity index (χ1n) is 6.92. The average Bonchev–Trinajstić information content (AvgIpc) is 2.97. The fraction of sp³-hybridized carbons (Fsp3) is 0.533. The fourth-order valence-electron chi connectivity index (χ4n) is 2.12. The van der Waals surface area contributed by atoms with Gasteiger partial charge < -0.3 is 19.5 Å². The van der Waals surface area contributed by atoms with Gasteiger partial charge in [0.2, 0.25) is 5.91 Å². The van der Waals surface area contributed by atoms with Crippen molar-refractivity contribution in [1.82, 2.24) is 0 Å². The number of methoxy groups -OCH3 is 1. The highest BCUT2D eigenvalue weighted by molar-refractivity contribution is 5.92. The summed E-state index contributed by atoms with van der Waals surface area (Å²) in [6.45, 7) is 1.80. The minimum Gasteiger partial charge on any atom is -0.495 e. The van der Waals surface area contributed by atoms with E-state index in [1.165, 1.54) is 0 Å². The van der Waals surface area contributed by atoms with Gasteiger partial charge in [-0.2, -0.15) is 0 Å². The van der Waals surface area contributed by atoms with E-state index in [1.54, 1.807) is 7.11 Å². The Hall–Kier alpha value is -1.59. The molecule has 20 heavy (non-hydrogen) atoms. The van der Waals surface area contributed by atoms with Gasteiger partial charge in [-0.15, -0.1) is 0 Å². The molecule has 0 saturated carbocycles. The summed E-state index contributed by atoms with van der Waals surface area (Å²) in [4.78, 5) is 11.8. The Morgan fingerprint density at radius 2 is 2.30 bits per heavy atom. The van der Waals surface area contributed by atoms with Gasteiger partial charge in [-0.1, -0.05) is 12.1 Å². The van der Waals surface area contributed by atoms with Gasteiger partial charge in [0.05, 0.1) is 38.5 Å². The number of anilines is 1. The maximum Gasteiger partial charge on any atom is 0.226 e. The molecule has 0 aromatic heterocycles. The highest BCUT2D eigenvalue weighted by Gasteiger charge is 2.15. The summed E-state index contributed by atoms with van der Waals surface area (Å²) < 4.78 is 16.1. The van der Waals surface area contributed by atoms with Gasteiger partial charge in [0, 0.05) is 6.61 Å². The van der Waals surface area contributed by atoms with E-state index in [9.17, 15) is 4.79 Å². The van der Waals surface area contributed by atoms with Crippen LogP contribution in [-0.2, 0) is 14.3 Å². The number of hydrogen-bond acceptors (Lipinski definition) is 4. The molecule has 0 bridgehead atoms. The second-order valence-corrected chi connectivity index (χ2v) is 4.71. The molecule has 5 heteroatoms. The lowest BCUT2D eigenvalue weighted by Gasteiger charge is -2.11. The van der Waals surface area contributed by atoms with Crippen molar-refractivity contribution in [2.45, 2.75) is 25.4 Å². The van der Waals surface area contributed by atoms with E-state index in [2.05, 4.69) is 5.32 Å². The zero-order valence-electron chi connectivity index (χ0n) is 11.8. The first kappa shape index (κ1) is 14.8. The third-order valence-corrected chi connectivity index (χ3v) is 3.18. The Morgan fingerprint density at radius 3 is 3.05 bits per heavy atom. The second kappa shape index (κ2) is 7.87. The van der Waals surface area contributed by atoms with Gasteiger partial charge in [0.15, 0.2) is 0 Å². The van der Waals surface area contributed by atoms with Crippen LogP contribution in [0.4, 0.5) is 5.69 Å². The summed E-state index contributed by atoms with van der Waals surface area (Å²) in [5.74, 6) is 0.572. The summed E-state index contributed by atoms with van der Waals surface area (Å²) in [5, 5.41) is 2.81. The van der Waals surface area contributed by atoms with Gasteiger partial charge >= 0.3 is 0 Å². The molecule has 0 spiro atoms. The third kappa shape index (κ3) is 4.51. The lowest BCUT2D eigenvalue weighted by Crippen LogP contribution is -2.18. The Balaban J connectivity index is 1.67. The molecular formula is C15H21NO4. The molecule has 0 radical (unpaired) electrons. The smallest absolute Gasteiger partial charge is 0.226 e. The molecule has 1 heterocycles. The van der Waals surface area contributed by atoms with Gasteiger partial charge in [-0.25, -0.2) is 0 Å². The van der Waals surface area contributed by atoms with E-state index in [0.717, 1.165) is 19.4 Å². The van der Waals surface area contributed by atoms with Crippen molar-refractivity contribution < 1.29 is 19.0 Å². The van der Waals surface area contributed by atoms with Crippen LogP contribution in [0.15, 0.2) is 24.3 Å². The molecule has 2 rings (SSSR count). The van der Waals surface area contributed by atoms with E-state index >= 15 is 0 Å². The van der Waals surface area contributed by atoms with E-state index in [0.29, 0.717) is 31.1 Å². The lowest BCUT2D eigenvalue weighted by atomic mass is 10.2. The van der Waals surface area contributed by atoms with E-state index in [4.69, 9.17) is 14.2 Å². The number of para-hydroxylation sites is 2. The molecule has 1 N–H and O–H groups in total. The second-order valence-electron chi connectivity index (χ2n) is 4.71. The number of rotatable bonds is 7. The van der Waals surface area contributed by atoms with Gasteiger partial charge in [0.25, 0.3) is 0 Å². The topological polar surface area (TPSA) is 56.8 Å².